The summed E-state index contributed by atoms with van der Waals surface area (Å²) in [6, 6.07) is 8.18. The molecule has 96 valence electrons. The van der Waals surface area contributed by atoms with Gasteiger partial charge in [-0.25, -0.2) is 5.43 Å². The average molecular weight is 262 g/mol. The number of rotatable bonds is 4. The Hall–Kier alpha value is -1.29. The minimum absolute atomic E-state index is 0.0278. The molecule has 0 unspecified atom stereocenters. The fourth-order valence-electron chi connectivity index (χ4n) is 1.85. The molecule has 2 rings (SSSR count). The first-order chi connectivity index (χ1) is 8.74. The number of carbonyl (C=O) groups excluding carboxylic acids is 1. The van der Waals surface area contributed by atoms with Gasteiger partial charge >= 0.3 is 0 Å². The molecule has 4 heteroatoms. The third-order valence-electron chi connectivity index (χ3n) is 2.91. The van der Waals surface area contributed by atoms with Gasteiger partial charge < -0.3 is 0 Å². The van der Waals surface area contributed by atoms with Gasteiger partial charge in [-0.2, -0.15) is 5.10 Å². The number of hydrazone groups is 1. The molecular weight excluding hydrogens is 244 g/mol. The molecule has 0 spiro atoms. The highest BCUT2D eigenvalue weighted by atomic mass is 32.2. The normalized spacial score (nSPS) is 14.6. The van der Waals surface area contributed by atoms with Crippen LogP contribution in [0.25, 0.3) is 0 Å². The number of carbonyl (C=O) groups is 1. The van der Waals surface area contributed by atoms with E-state index in [2.05, 4.69) is 29.6 Å². The van der Waals surface area contributed by atoms with Gasteiger partial charge in [0.1, 0.15) is 0 Å². The van der Waals surface area contributed by atoms with Crippen LogP contribution >= 0.6 is 11.8 Å². The number of thioether (sulfide) groups is 1. The van der Waals surface area contributed by atoms with Crippen LogP contribution < -0.4 is 5.43 Å². The van der Waals surface area contributed by atoms with Gasteiger partial charge in [-0.1, -0.05) is 17.7 Å². The van der Waals surface area contributed by atoms with Crippen LogP contribution in [-0.2, 0) is 4.79 Å². The van der Waals surface area contributed by atoms with Gasteiger partial charge in [-0.05, 0) is 44.7 Å². The van der Waals surface area contributed by atoms with Gasteiger partial charge in [0, 0.05) is 10.6 Å². The lowest BCUT2D eigenvalue weighted by Crippen LogP contribution is -2.20. The van der Waals surface area contributed by atoms with Crippen molar-refractivity contribution in [2.45, 2.75) is 37.5 Å². The van der Waals surface area contributed by atoms with E-state index in [0.29, 0.717) is 5.75 Å². The maximum atomic E-state index is 11.6. The van der Waals surface area contributed by atoms with Crippen molar-refractivity contribution in [3.8, 4) is 0 Å². The van der Waals surface area contributed by atoms with Crippen LogP contribution in [0.1, 0.15) is 31.2 Å². The molecule has 0 saturated heterocycles. The van der Waals surface area contributed by atoms with Crippen molar-refractivity contribution in [2.75, 3.05) is 5.75 Å². The zero-order valence-electron chi connectivity index (χ0n) is 10.6. The smallest absolute Gasteiger partial charge is 0.250 e. The second-order valence-electron chi connectivity index (χ2n) is 4.52. The molecule has 18 heavy (non-hydrogen) atoms. The van der Waals surface area contributed by atoms with Crippen LogP contribution in [0, 0.1) is 6.92 Å². The molecule has 1 amide bonds. The Bertz CT molecular complexity index is 432. The molecule has 1 aromatic carbocycles. The summed E-state index contributed by atoms with van der Waals surface area (Å²) in [5, 5.41) is 4.15. The van der Waals surface area contributed by atoms with Gasteiger partial charge in [0.25, 0.3) is 0 Å². The summed E-state index contributed by atoms with van der Waals surface area (Å²) in [5.74, 6) is 0.389. The third-order valence-corrected chi connectivity index (χ3v) is 3.92. The Kier molecular flexibility index (Phi) is 4.81. The second-order valence-corrected chi connectivity index (χ2v) is 5.57. The first kappa shape index (κ1) is 13.1. The number of nitrogens with one attached hydrogen (secondary N) is 1. The van der Waals surface area contributed by atoms with E-state index >= 15 is 0 Å². The number of hydrogen-bond donors (Lipinski definition) is 1. The van der Waals surface area contributed by atoms with E-state index in [1.165, 1.54) is 30.2 Å². The van der Waals surface area contributed by atoms with Crippen molar-refractivity contribution in [3.63, 3.8) is 0 Å². The predicted molar refractivity (Wildman–Crippen MR) is 75.9 cm³/mol. The SMILES string of the molecule is Cc1ccc(SCC(=O)NN=C2CCCC2)cc1. The molecule has 1 aromatic rings. The van der Waals surface area contributed by atoms with Gasteiger partial charge in [-0.3, -0.25) is 4.79 Å². The minimum Gasteiger partial charge on any atom is -0.272 e. The topological polar surface area (TPSA) is 41.5 Å². The van der Waals surface area contributed by atoms with E-state index in [-0.39, 0.29) is 5.91 Å². The van der Waals surface area contributed by atoms with Crippen molar-refractivity contribution >= 4 is 23.4 Å². The lowest BCUT2D eigenvalue weighted by Gasteiger charge is -2.02. The molecule has 0 aliphatic heterocycles. The largest absolute Gasteiger partial charge is 0.272 e. The van der Waals surface area contributed by atoms with E-state index < -0.39 is 0 Å². The van der Waals surface area contributed by atoms with Crippen LogP contribution in [0.2, 0.25) is 0 Å². The average Bonchev–Trinajstić information content (AvgIpc) is 2.89. The van der Waals surface area contributed by atoms with Gasteiger partial charge in [0.05, 0.1) is 5.75 Å². The first-order valence-corrected chi connectivity index (χ1v) is 7.26. The molecule has 1 aliphatic rings. The summed E-state index contributed by atoms with van der Waals surface area (Å²) < 4.78 is 0. The number of hydrogen-bond acceptors (Lipinski definition) is 3. The fraction of sp³-hybridized carbons (Fsp3) is 0.429. The standard InChI is InChI=1S/C14H18N2OS/c1-11-6-8-13(9-7-11)18-10-14(17)16-15-12-4-2-3-5-12/h6-9H,2-5,10H2,1H3,(H,16,17). The Morgan fingerprint density at radius 1 is 1.28 bits per heavy atom. The van der Waals surface area contributed by atoms with Crippen molar-refractivity contribution in [2.24, 2.45) is 5.10 Å². The van der Waals surface area contributed by atoms with Gasteiger partial charge in [0.15, 0.2) is 0 Å². The summed E-state index contributed by atoms with van der Waals surface area (Å²) in [4.78, 5) is 12.7. The van der Waals surface area contributed by atoms with Crippen LogP contribution in [0.15, 0.2) is 34.3 Å². The van der Waals surface area contributed by atoms with Crippen LogP contribution in [-0.4, -0.2) is 17.4 Å². The molecule has 0 aromatic heterocycles. The van der Waals surface area contributed by atoms with Crippen molar-refractivity contribution in [3.05, 3.63) is 29.8 Å². The molecule has 1 N–H and O–H groups in total. The van der Waals surface area contributed by atoms with Crippen molar-refractivity contribution in [1.29, 1.82) is 0 Å². The van der Waals surface area contributed by atoms with Crippen LogP contribution in [0.4, 0.5) is 0 Å². The first-order valence-electron chi connectivity index (χ1n) is 6.28. The molecule has 0 atom stereocenters. The molecule has 1 fully saturated rings. The fourth-order valence-corrected chi connectivity index (χ4v) is 2.54. The predicted octanol–water partition coefficient (Wildman–Crippen LogP) is 3.13. The van der Waals surface area contributed by atoms with Crippen LogP contribution in [0.3, 0.4) is 0 Å². The Labute approximate surface area is 112 Å². The molecule has 0 radical (unpaired) electrons. The maximum Gasteiger partial charge on any atom is 0.250 e. The van der Waals surface area contributed by atoms with E-state index in [4.69, 9.17) is 0 Å². The molecule has 0 heterocycles. The lowest BCUT2D eigenvalue weighted by atomic mass is 10.2. The highest BCUT2D eigenvalue weighted by molar-refractivity contribution is 8.00. The Balaban J connectivity index is 1.74. The number of aryl methyl sites for hydroxylation is 1. The van der Waals surface area contributed by atoms with Crippen molar-refractivity contribution < 1.29 is 4.79 Å². The van der Waals surface area contributed by atoms with Gasteiger partial charge in [-0.15, -0.1) is 11.8 Å². The van der Waals surface area contributed by atoms with Crippen molar-refractivity contribution in [1.82, 2.24) is 5.43 Å². The number of nitrogens with zero attached hydrogens (tertiary/aromatic N) is 1. The minimum atomic E-state index is -0.0278. The Morgan fingerprint density at radius 3 is 2.61 bits per heavy atom. The number of amides is 1. The molecular formula is C14H18N2OS. The van der Waals surface area contributed by atoms with E-state index in [1.54, 1.807) is 0 Å². The summed E-state index contributed by atoms with van der Waals surface area (Å²) in [7, 11) is 0. The van der Waals surface area contributed by atoms with E-state index in [1.807, 2.05) is 12.1 Å². The zero-order chi connectivity index (χ0) is 12.8. The summed E-state index contributed by atoms with van der Waals surface area (Å²) >= 11 is 1.54. The zero-order valence-corrected chi connectivity index (χ0v) is 11.4. The summed E-state index contributed by atoms with van der Waals surface area (Å²) in [6.07, 6.45) is 4.47. The highest BCUT2D eigenvalue weighted by Gasteiger charge is 2.08. The summed E-state index contributed by atoms with van der Waals surface area (Å²) in [5.41, 5.74) is 5.00. The van der Waals surface area contributed by atoms with E-state index in [9.17, 15) is 4.79 Å². The maximum absolute atomic E-state index is 11.6. The van der Waals surface area contributed by atoms with Gasteiger partial charge in [0.2, 0.25) is 5.91 Å². The lowest BCUT2D eigenvalue weighted by molar-refractivity contribution is -0.118. The molecule has 1 aliphatic carbocycles. The third kappa shape index (κ3) is 4.18. The molecule has 3 nitrogen and oxygen atoms in total. The van der Waals surface area contributed by atoms with E-state index in [0.717, 1.165) is 23.4 Å². The molecule has 1 saturated carbocycles. The monoisotopic (exact) mass is 262 g/mol. The van der Waals surface area contributed by atoms with Crippen LogP contribution in [0.5, 0.6) is 0 Å². The second kappa shape index (κ2) is 6.59. The quantitative estimate of drug-likeness (QED) is 0.669. The molecule has 0 bridgehead atoms. The number of benzene rings is 1. The highest BCUT2D eigenvalue weighted by Crippen LogP contribution is 2.18. The summed E-state index contributed by atoms with van der Waals surface area (Å²) in [6.45, 7) is 2.05. The Morgan fingerprint density at radius 2 is 1.94 bits per heavy atom.